The van der Waals surface area contributed by atoms with Crippen molar-refractivity contribution >= 4 is 10.1 Å². The molecular weight excluding hydrogens is 309 g/mol. The Morgan fingerprint density at radius 2 is 1.16 bits per heavy atom. The van der Waals surface area contributed by atoms with Gasteiger partial charge >= 0.3 is 10.1 Å². The predicted octanol–water partition coefficient (Wildman–Crippen LogP) is 3.86. The Hall–Kier alpha value is -3.23. The fraction of sp³-hybridized carbons (Fsp3) is 0. The van der Waals surface area contributed by atoms with E-state index < -0.39 is 0 Å². The van der Waals surface area contributed by atoms with E-state index in [1.807, 2.05) is 48.5 Å². The molecule has 1 aromatic heterocycles. The molecule has 0 spiro atoms. The summed E-state index contributed by atoms with van der Waals surface area (Å²) in [6.07, 6.45) is 0. The summed E-state index contributed by atoms with van der Waals surface area (Å²) >= 11 is 0. The van der Waals surface area contributed by atoms with E-state index in [2.05, 4.69) is 22.3 Å². The van der Waals surface area contributed by atoms with Crippen LogP contribution in [-0.4, -0.2) is 25.4 Å². The quantitative estimate of drug-likeness (QED) is 0.581. The van der Waals surface area contributed by atoms with Gasteiger partial charge in [-0.3, -0.25) is 0 Å². The fourth-order valence-electron chi connectivity index (χ4n) is 2.54. The number of nitrogens with zero attached hydrogens (tertiary/aromatic N) is 2. The van der Waals surface area contributed by atoms with Gasteiger partial charge in [0.1, 0.15) is 5.75 Å². The summed E-state index contributed by atoms with van der Waals surface area (Å²) in [6.45, 7) is 0. The molecule has 1 heterocycles. The summed E-state index contributed by atoms with van der Waals surface area (Å²) in [5.74, 6) is 0.843. The average Bonchev–Trinajstić information content (AvgIpc) is 3.13. The molecule has 0 saturated heterocycles. The van der Waals surface area contributed by atoms with Gasteiger partial charge in [-0.15, -0.1) is 10.2 Å². The van der Waals surface area contributed by atoms with Crippen molar-refractivity contribution in [1.82, 2.24) is 10.2 Å². The zero-order valence-corrected chi connectivity index (χ0v) is 12.8. The maximum atomic E-state index is 9.88. The Balaban J connectivity index is 0.00000182. The van der Waals surface area contributed by atoms with E-state index in [4.69, 9.17) is 4.42 Å². The summed E-state index contributed by atoms with van der Waals surface area (Å²) in [7, 11) is 0. The fourth-order valence-corrected chi connectivity index (χ4v) is 2.54. The second kappa shape index (κ2) is 7.12. The second-order valence-electron chi connectivity index (χ2n) is 5.37. The van der Waals surface area contributed by atoms with Gasteiger partial charge in [-0.05, 0) is 35.4 Å². The monoisotopic (exact) mass is 325 g/mol. The Bertz CT molecular complexity index is 966. The molecule has 0 radical (unpaired) electrons. The molecule has 25 heavy (non-hydrogen) atoms. The molecule has 0 aliphatic rings. The molecule has 0 fully saturated rings. The predicted molar refractivity (Wildman–Crippen MR) is 101 cm³/mol. The minimum absolute atomic E-state index is 0. The molecule has 3 aromatic carbocycles. The third kappa shape index (κ3) is 3.34. The molecule has 0 saturated carbocycles. The third-order valence-corrected chi connectivity index (χ3v) is 3.80. The van der Waals surface area contributed by atoms with Gasteiger partial charge in [0.05, 0.1) is 5.56 Å². The van der Waals surface area contributed by atoms with Crippen LogP contribution in [0.25, 0.3) is 34.0 Å². The van der Waals surface area contributed by atoms with Gasteiger partial charge in [0.15, 0.2) is 0 Å². The number of hydrogen-bond acceptors (Lipinski definition) is 4. The van der Waals surface area contributed by atoms with Crippen molar-refractivity contribution in [2.75, 3.05) is 0 Å². The standard InChI is InChI=1S/C20H14N2O2.Be.2H/c23-18-9-5-4-8-17(18)20-22-21-19(24-20)16-12-10-15(11-13-16)14-6-2-1-3-7-14;;;/h1-13,23H;;;. The number of phenolic OH excluding ortho intramolecular Hbond substituents is 1. The van der Waals surface area contributed by atoms with E-state index in [0.29, 0.717) is 17.3 Å². The first kappa shape index (κ1) is 16.6. The summed E-state index contributed by atoms with van der Waals surface area (Å²) in [6, 6.07) is 25.0. The van der Waals surface area contributed by atoms with Crippen LogP contribution in [0.1, 0.15) is 0 Å². The zero-order valence-electron chi connectivity index (χ0n) is 12.8. The van der Waals surface area contributed by atoms with Gasteiger partial charge in [-0.1, -0.05) is 54.6 Å². The number of aromatic hydroxyl groups is 1. The van der Waals surface area contributed by atoms with Crippen LogP contribution in [-0.2, 0) is 0 Å². The van der Waals surface area contributed by atoms with E-state index in [1.54, 1.807) is 18.2 Å². The summed E-state index contributed by atoms with van der Waals surface area (Å²) < 4.78 is 5.70. The summed E-state index contributed by atoms with van der Waals surface area (Å²) in [5, 5.41) is 18.0. The van der Waals surface area contributed by atoms with Crippen molar-refractivity contribution in [2.45, 2.75) is 0 Å². The van der Waals surface area contributed by atoms with Crippen LogP contribution in [0.4, 0.5) is 0 Å². The van der Waals surface area contributed by atoms with Crippen molar-refractivity contribution in [3.8, 4) is 39.8 Å². The molecule has 0 aliphatic heterocycles. The van der Waals surface area contributed by atoms with Crippen LogP contribution in [0.3, 0.4) is 0 Å². The first-order valence-electron chi connectivity index (χ1n) is 7.59. The first-order valence-corrected chi connectivity index (χ1v) is 7.59. The Labute approximate surface area is 149 Å². The van der Waals surface area contributed by atoms with Gasteiger partial charge in [0.2, 0.25) is 5.89 Å². The molecule has 0 atom stereocenters. The van der Waals surface area contributed by atoms with Crippen LogP contribution >= 0.6 is 0 Å². The normalized spacial score (nSPS) is 10.2. The second-order valence-corrected chi connectivity index (χ2v) is 5.37. The minimum atomic E-state index is 0. The van der Waals surface area contributed by atoms with Crippen molar-refractivity contribution in [3.63, 3.8) is 0 Å². The van der Waals surface area contributed by atoms with Gasteiger partial charge in [0, 0.05) is 5.56 Å². The third-order valence-electron chi connectivity index (χ3n) is 3.80. The van der Waals surface area contributed by atoms with E-state index in [-0.39, 0.29) is 15.9 Å². The summed E-state index contributed by atoms with van der Waals surface area (Å²) in [4.78, 5) is 0. The van der Waals surface area contributed by atoms with E-state index in [1.165, 1.54) is 0 Å². The van der Waals surface area contributed by atoms with Crippen LogP contribution in [0.2, 0.25) is 0 Å². The van der Waals surface area contributed by atoms with Crippen LogP contribution in [0.15, 0.2) is 83.3 Å². The SMILES string of the molecule is Oc1ccccc1-c1nnc(-c2ccc(-c3ccccc3)cc2)o1.[BeH2]. The first-order chi connectivity index (χ1) is 11.8. The average molecular weight is 325 g/mol. The molecular formula is C20H16BeN2O2. The number of rotatable bonds is 3. The van der Waals surface area contributed by atoms with Gasteiger partial charge in [0.25, 0.3) is 5.89 Å². The van der Waals surface area contributed by atoms with Crippen LogP contribution in [0.5, 0.6) is 5.75 Å². The van der Waals surface area contributed by atoms with Crippen molar-refractivity contribution in [1.29, 1.82) is 0 Å². The van der Waals surface area contributed by atoms with E-state index in [9.17, 15) is 5.11 Å². The van der Waals surface area contributed by atoms with Crippen LogP contribution in [0, 0.1) is 0 Å². The Kier molecular flexibility index (Phi) is 4.73. The van der Waals surface area contributed by atoms with Crippen molar-refractivity contribution in [2.24, 2.45) is 0 Å². The molecule has 4 aromatic rings. The van der Waals surface area contributed by atoms with Crippen LogP contribution < -0.4 is 0 Å². The van der Waals surface area contributed by atoms with Gasteiger partial charge in [-0.2, -0.15) is 0 Å². The molecule has 120 valence electrons. The summed E-state index contributed by atoms with van der Waals surface area (Å²) in [5.41, 5.74) is 3.64. The Morgan fingerprint density at radius 1 is 0.600 bits per heavy atom. The number of hydrogen-bond donors (Lipinski definition) is 1. The topological polar surface area (TPSA) is 59.2 Å². The van der Waals surface area contributed by atoms with Crippen molar-refractivity contribution < 1.29 is 9.52 Å². The maximum absolute atomic E-state index is 9.88. The van der Waals surface area contributed by atoms with E-state index >= 15 is 0 Å². The number of para-hydroxylation sites is 1. The molecule has 0 amide bonds. The van der Waals surface area contributed by atoms with Gasteiger partial charge < -0.3 is 9.52 Å². The van der Waals surface area contributed by atoms with E-state index in [0.717, 1.165) is 16.7 Å². The molecule has 0 aliphatic carbocycles. The Morgan fingerprint density at radius 3 is 1.88 bits per heavy atom. The molecule has 5 heteroatoms. The molecule has 0 bridgehead atoms. The number of aromatic nitrogens is 2. The number of benzene rings is 3. The van der Waals surface area contributed by atoms with Crippen molar-refractivity contribution in [3.05, 3.63) is 78.9 Å². The molecule has 1 N–H and O–H groups in total. The number of phenols is 1. The molecule has 0 unspecified atom stereocenters. The molecule has 4 rings (SSSR count). The zero-order chi connectivity index (χ0) is 16.4. The van der Waals surface area contributed by atoms with Gasteiger partial charge in [-0.25, -0.2) is 0 Å². The molecule has 4 nitrogen and oxygen atoms in total.